The molecule has 20 heavy (non-hydrogen) atoms. The molecule has 1 aromatic rings. The van der Waals surface area contributed by atoms with E-state index < -0.39 is 0 Å². The number of rotatable bonds is 4. The highest BCUT2D eigenvalue weighted by Gasteiger charge is 2.21. The molecule has 1 aliphatic rings. The number of hydrogen-bond acceptors (Lipinski definition) is 3. The van der Waals surface area contributed by atoms with Crippen LogP contribution >= 0.6 is 23.8 Å². The van der Waals surface area contributed by atoms with Gasteiger partial charge in [0.15, 0.2) is 0 Å². The maximum absolute atomic E-state index is 12.1. The Bertz CT molecular complexity index is 484. The summed E-state index contributed by atoms with van der Waals surface area (Å²) in [7, 11) is 0. The van der Waals surface area contributed by atoms with Crippen molar-refractivity contribution >= 4 is 34.7 Å². The second-order valence-electron chi connectivity index (χ2n) is 5.00. The lowest BCUT2D eigenvalue weighted by molar-refractivity contribution is 0.0915. The first kappa shape index (κ1) is 15.2. The molecule has 0 saturated carbocycles. The summed E-state index contributed by atoms with van der Waals surface area (Å²) in [6.07, 6.45) is 1.84. The van der Waals surface area contributed by atoms with Gasteiger partial charge in [-0.2, -0.15) is 0 Å². The molecule has 3 N–H and O–H groups in total. The molecule has 2 rings (SSSR count). The predicted molar refractivity (Wildman–Crippen MR) is 85.2 cm³/mol. The van der Waals surface area contributed by atoms with E-state index in [1.54, 1.807) is 24.3 Å². The number of nitrogens with two attached hydrogens (primary N) is 1. The molecule has 0 atom stereocenters. The van der Waals surface area contributed by atoms with Crippen LogP contribution in [0.1, 0.15) is 23.2 Å². The molecule has 0 radical (unpaired) electrons. The average molecular weight is 312 g/mol. The number of nitrogens with zero attached hydrogens (tertiary/aromatic N) is 1. The van der Waals surface area contributed by atoms with Gasteiger partial charge < -0.3 is 11.1 Å². The minimum atomic E-state index is -0.0468. The molecule has 0 unspecified atom stereocenters. The van der Waals surface area contributed by atoms with Crippen molar-refractivity contribution < 1.29 is 4.79 Å². The lowest BCUT2D eigenvalue weighted by Gasteiger charge is -2.31. The van der Waals surface area contributed by atoms with Crippen LogP contribution in [0.4, 0.5) is 0 Å². The average Bonchev–Trinajstić information content (AvgIpc) is 2.41. The topological polar surface area (TPSA) is 58.4 Å². The zero-order valence-electron chi connectivity index (χ0n) is 11.1. The van der Waals surface area contributed by atoms with E-state index in [0.29, 0.717) is 22.1 Å². The van der Waals surface area contributed by atoms with Gasteiger partial charge in [0.05, 0.1) is 4.99 Å². The Morgan fingerprint density at radius 3 is 2.50 bits per heavy atom. The fourth-order valence-corrected chi connectivity index (χ4v) is 2.63. The van der Waals surface area contributed by atoms with Crippen LogP contribution in [0.15, 0.2) is 24.3 Å². The van der Waals surface area contributed by atoms with Crippen LogP contribution in [0, 0.1) is 0 Å². The summed E-state index contributed by atoms with van der Waals surface area (Å²) < 4.78 is 0. The summed E-state index contributed by atoms with van der Waals surface area (Å²) in [5, 5.41) is 3.69. The second-order valence-corrected chi connectivity index (χ2v) is 5.96. The summed E-state index contributed by atoms with van der Waals surface area (Å²) in [5.41, 5.74) is 6.17. The fourth-order valence-electron chi connectivity index (χ4n) is 2.33. The molecule has 1 amide bonds. The number of benzene rings is 1. The van der Waals surface area contributed by atoms with Crippen LogP contribution in [0.2, 0.25) is 5.02 Å². The zero-order valence-corrected chi connectivity index (χ0v) is 12.7. The molecule has 1 saturated heterocycles. The highest BCUT2D eigenvalue weighted by Crippen LogP contribution is 2.13. The smallest absolute Gasteiger partial charge is 0.251 e. The Balaban J connectivity index is 1.82. The maximum atomic E-state index is 12.1. The van der Waals surface area contributed by atoms with Crippen molar-refractivity contribution in [3.63, 3.8) is 0 Å². The Morgan fingerprint density at radius 1 is 1.35 bits per heavy atom. The maximum Gasteiger partial charge on any atom is 0.251 e. The van der Waals surface area contributed by atoms with E-state index >= 15 is 0 Å². The number of carbonyl (C=O) groups excluding carboxylic acids is 1. The lowest BCUT2D eigenvalue weighted by atomic mass is 10.0. The van der Waals surface area contributed by atoms with Gasteiger partial charge in [0.1, 0.15) is 0 Å². The van der Waals surface area contributed by atoms with E-state index in [-0.39, 0.29) is 11.9 Å². The van der Waals surface area contributed by atoms with E-state index in [4.69, 9.17) is 29.6 Å². The van der Waals surface area contributed by atoms with Gasteiger partial charge in [-0.05, 0) is 37.1 Å². The molecule has 108 valence electrons. The summed E-state index contributed by atoms with van der Waals surface area (Å²) in [6, 6.07) is 7.13. The molecule has 1 aliphatic heterocycles. The second kappa shape index (κ2) is 7.02. The quantitative estimate of drug-likeness (QED) is 0.833. The van der Waals surface area contributed by atoms with Gasteiger partial charge >= 0.3 is 0 Å². The van der Waals surface area contributed by atoms with E-state index in [9.17, 15) is 4.79 Å². The SMILES string of the molecule is NC(=S)CN1CCC(NC(=O)c2ccc(Cl)cc2)CC1. The molecule has 6 heteroatoms. The first-order chi connectivity index (χ1) is 9.54. The van der Waals surface area contributed by atoms with Crippen LogP contribution in [0.25, 0.3) is 0 Å². The van der Waals surface area contributed by atoms with Crippen LogP contribution < -0.4 is 11.1 Å². The molecule has 1 fully saturated rings. The van der Waals surface area contributed by atoms with E-state index in [2.05, 4.69) is 10.2 Å². The van der Waals surface area contributed by atoms with Gasteiger partial charge in [-0.1, -0.05) is 23.8 Å². The van der Waals surface area contributed by atoms with Crippen LogP contribution in [-0.4, -0.2) is 41.5 Å². The van der Waals surface area contributed by atoms with Crippen molar-refractivity contribution in [3.8, 4) is 0 Å². The van der Waals surface area contributed by atoms with Crippen molar-refractivity contribution in [1.29, 1.82) is 0 Å². The van der Waals surface area contributed by atoms with Gasteiger partial charge in [-0.15, -0.1) is 0 Å². The third-order valence-electron chi connectivity index (χ3n) is 3.41. The number of amides is 1. The van der Waals surface area contributed by atoms with Crippen molar-refractivity contribution in [2.75, 3.05) is 19.6 Å². The summed E-state index contributed by atoms with van der Waals surface area (Å²) in [5.74, 6) is -0.0468. The third-order valence-corrected chi connectivity index (χ3v) is 3.79. The standard InChI is InChI=1S/C14H18ClN3OS/c15-11-3-1-10(2-4-11)14(19)17-12-5-7-18(8-6-12)9-13(16)20/h1-4,12H,5-9H2,(H2,16,20)(H,17,19). The molecule has 0 bridgehead atoms. The van der Waals surface area contributed by atoms with Crippen molar-refractivity contribution in [1.82, 2.24) is 10.2 Å². The van der Waals surface area contributed by atoms with Gasteiger partial charge in [-0.3, -0.25) is 9.69 Å². The molecule has 0 aliphatic carbocycles. The van der Waals surface area contributed by atoms with Crippen molar-refractivity contribution in [2.45, 2.75) is 18.9 Å². The zero-order chi connectivity index (χ0) is 14.5. The number of likely N-dealkylation sites (tertiary alicyclic amines) is 1. The van der Waals surface area contributed by atoms with Crippen molar-refractivity contribution in [2.24, 2.45) is 5.73 Å². The number of carbonyl (C=O) groups is 1. The van der Waals surface area contributed by atoms with Gasteiger partial charge in [0.2, 0.25) is 0 Å². The number of nitrogens with one attached hydrogen (secondary N) is 1. The number of piperidine rings is 1. The number of thiocarbonyl (C=S) groups is 1. The highest BCUT2D eigenvalue weighted by molar-refractivity contribution is 7.80. The van der Waals surface area contributed by atoms with Crippen LogP contribution in [-0.2, 0) is 0 Å². The molecule has 4 nitrogen and oxygen atoms in total. The molecule has 1 heterocycles. The van der Waals surface area contributed by atoms with Crippen LogP contribution in [0.5, 0.6) is 0 Å². The van der Waals surface area contributed by atoms with E-state index in [1.807, 2.05) is 0 Å². The predicted octanol–water partition coefficient (Wildman–Crippen LogP) is 1.82. The Hall–Kier alpha value is -1.17. The van der Waals surface area contributed by atoms with E-state index in [1.165, 1.54) is 0 Å². The Labute approximate surface area is 129 Å². The van der Waals surface area contributed by atoms with Crippen LogP contribution in [0.3, 0.4) is 0 Å². The largest absolute Gasteiger partial charge is 0.392 e. The lowest BCUT2D eigenvalue weighted by Crippen LogP contribution is -2.46. The van der Waals surface area contributed by atoms with E-state index in [0.717, 1.165) is 25.9 Å². The molecular formula is C14H18ClN3OS. The molecular weight excluding hydrogens is 294 g/mol. The monoisotopic (exact) mass is 311 g/mol. The minimum Gasteiger partial charge on any atom is -0.392 e. The minimum absolute atomic E-state index is 0.0468. The molecule has 0 spiro atoms. The highest BCUT2D eigenvalue weighted by atomic mass is 35.5. The summed E-state index contributed by atoms with van der Waals surface area (Å²) in [4.78, 5) is 14.8. The Kier molecular flexibility index (Phi) is 5.34. The summed E-state index contributed by atoms with van der Waals surface area (Å²) >= 11 is 10.7. The molecule has 0 aromatic heterocycles. The fraction of sp³-hybridized carbons (Fsp3) is 0.429. The molecule has 1 aromatic carbocycles. The van der Waals surface area contributed by atoms with Gasteiger partial charge in [0.25, 0.3) is 5.91 Å². The normalized spacial score (nSPS) is 16.9. The van der Waals surface area contributed by atoms with Gasteiger partial charge in [-0.25, -0.2) is 0 Å². The number of hydrogen-bond donors (Lipinski definition) is 2. The first-order valence-corrected chi connectivity index (χ1v) is 7.40. The summed E-state index contributed by atoms with van der Waals surface area (Å²) in [6.45, 7) is 2.47. The number of halogens is 1. The first-order valence-electron chi connectivity index (χ1n) is 6.61. The van der Waals surface area contributed by atoms with Crippen molar-refractivity contribution in [3.05, 3.63) is 34.9 Å². The van der Waals surface area contributed by atoms with Gasteiger partial charge in [0, 0.05) is 36.3 Å². The third kappa shape index (κ3) is 4.44. The Morgan fingerprint density at radius 2 is 1.95 bits per heavy atom.